The van der Waals surface area contributed by atoms with Gasteiger partial charge in [0.1, 0.15) is 0 Å². The first-order valence-corrected chi connectivity index (χ1v) is 8.45. The zero-order chi connectivity index (χ0) is 11.8. The van der Waals surface area contributed by atoms with Crippen molar-refractivity contribution in [1.29, 1.82) is 0 Å². The number of thioether (sulfide) groups is 1. The van der Waals surface area contributed by atoms with Crippen LogP contribution in [0.15, 0.2) is 24.3 Å². The van der Waals surface area contributed by atoms with Crippen LogP contribution in [0.25, 0.3) is 0 Å². The monoisotopic (exact) mass is 320 g/mol. The molecule has 16 heavy (non-hydrogen) atoms. The van der Waals surface area contributed by atoms with Gasteiger partial charge in [-0.05, 0) is 54.9 Å². The molecule has 1 rings (SSSR count). The van der Waals surface area contributed by atoms with E-state index in [0.29, 0.717) is 0 Å². The molecule has 1 atom stereocenters. The van der Waals surface area contributed by atoms with E-state index in [0.717, 1.165) is 22.7 Å². The smallest absolute Gasteiger partial charge is 0.0408 e. The Labute approximate surface area is 116 Å². The van der Waals surface area contributed by atoms with Gasteiger partial charge in [0.15, 0.2) is 0 Å². The maximum absolute atomic E-state index is 5.98. The van der Waals surface area contributed by atoms with Gasteiger partial charge < -0.3 is 0 Å². The molecule has 0 saturated carbocycles. The van der Waals surface area contributed by atoms with Crippen LogP contribution in [0.2, 0.25) is 5.02 Å². The molecule has 0 heterocycles. The van der Waals surface area contributed by atoms with Crippen molar-refractivity contribution in [3.8, 4) is 0 Å². The normalized spacial score (nSPS) is 12.7. The SMILES string of the molecule is CSCCCC(CBr)Cc1cccc(Cl)c1. The third kappa shape index (κ3) is 5.60. The molecule has 0 aromatic heterocycles. The van der Waals surface area contributed by atoms with Gasteiger partial charge in [-0.2, -0.15) is 11.8 Å². The van der Waals surface area contributed by atoms with Crippen LogP contribution in [-0.2, 0) is 6.42 Å². The van der Waals surface area contributed by atoms with Crippen molar-refractivity contribution in [2.24, 2.45) is 5.92 Å². The molecule has 0 spiro atoms. The zero-order valence-corrected chi connectivity index (χ0v) is 12.7. The van der Waals surface area contributed by atoms with E-state index in [9.17, 15) is 0 Å². The standard InChI is InChI=1S/C13H18BrClS/c1-16-7-3-5-12(10-14)8-11-4-2-6-13(15)9-11/h2,4,6,9,12H,3,5,7-8,10H2,1H3. The van der Waals surface area contributed by atoms with Crippen molar-refractivity contribution in [3.63, 3.8) is 0 Å². The Morgan fingerprint density at radius 2 is 2.25 bits per heavy atom. The van der Waals surface area contributed by atoms with Gasteiger partial charge in [-0.3, -0.25) is 0 Å². The molecule has 90 valence electrons. The van der Waals surface area contributed by atoms with Crippen LogP contribution in [0.5, 0.6) is 0 Å². The summed E-state index contributed by atoms with van der Waals surface area (Å²) in [4.78, 5) is 0. The maximum Gasteiger partial charge on any atom is 0.0408 e. The predicted molar refractivity (Wildman–Crippen MR) is 80.1 cm³/mol. The summed E-state index contributed by atoms with van der Waals surface area (Å²) in [6, 6.07) is 8.20. The van der Waals surface area contributed by atoms with Crippen LogP contribution in [-0.4, -0.2) is 17.3 Å². The van der Waals surface area contributed by atoms with Crippen molar-refractivity contribution in [2.45, 2.75) is 19.3 Å². The molecule has 1 aromatic rings. The van der Waals surface area contributed by atoms with Crippen LogP contribution < -0.4 is 0 Å². The Morgan fingerprint density at radius 1 is 1.44 bits per heavy atom. The summed E-state index contributed by atoms with van der Waals surface area (Å²) in [6.07, 6.45) is 5.89. The Bertz CT molecular complexity index is 304. The lowest BCUT2D eigenvalue weighted by Gasteiger charge is -2.13. The lowest BCUT2D eigenvalue weighted by Crippen LogP contribution is -2.06. The molecule has 0 aliphatic rings. The molecule has 0 fully saturated rings. The highest BCUT2D eigenvalue weighted by atomic mass is 79.9. The van der Waals surface area contributed by atoms with E-state index in [1.54, 1.807) is 0 Å². The van der Waals surface area contributed by atoms with Gasteiger partial charge in [-0.15, -0.1) is 0 Å². The van der Waals surface area contributed by atoms with Gasteiger partial charge in [0.25, 0.3) is 0 Å². The minimum atomic E-state index is 0.727. The minimum Gasteiger partial charge on any atom is -0.165 e. The molecule has 0 aliphatic carbocycles. The van der Waals surface area contributed by atoms with Gasteiger partial charge in [0.2, 0.25) is 0 Å². The Kier molecular flexibility index (Phi) is 7.59. The van der Waals surface area contributed by atoms with E-state index >= 15 is 0 Å². The number of hydrogen-bond acceptors (Lipinski definition) is 1. The lowest BCUT2D eigenvalue weighted by atomic mass is 9.97. The van der Waals surface area contributed by atoms with Gasteiger partial charge in [-0.1, -0.05) is 39.7 Å². The molecule has 0 saturated heterocycles. The summed E-state index contributed by atoms with van der Waals surface area (Å²) < 4.78 is 0. The second-order valence-corrected chi connectivity index (χ2v) is 6.06. The third-order valence-corrected chi connectivity index (χ3v) is 4.44. The topological polar surface area (TPSA) is 0 Å². The largest absolute Gasteiger partial charge is 0.165 e. The highest BCUT2D eigenvalue weighted by Crippen LogP contribution is 2.19. The molecule has 1 aromatic carbocycles. The molecule has 0 aliphatic heterocycles. The Hall–Kier alpha value is 0.340. The second kappa shape index (κ2) is 8.43. The fourth-order valence-corrected chi connectivity index (χ4v) is 2.97. The van der Waals surface area contributed by atoms with Crippen molar-refractivity contribution in [1.82, 2.24) is 0 Å². The van der Waals surface area contributed by atoms with E-state index in [2.05, 4.69) is 34.3 Å². The van der Waals surface area contributed by atoms with E-state index in [-0.39, 0.29) is 0 Å². The second-order valence-electron chi connectivity index (χ2n) is 3.99. The fourth-order valence-electron chi connectivity index (χ4n) is 1.75. The summed E-state index contributed by atoms with van der Waals surface area (Å²) >= 11 is 11.5. The highest BCUT2D eigenvalue weighted by molar-refractivity contribution is 9.09. The number of rotatable bonds is 7. The molecular weight excluding hydrogens is 304 g/mol. The minimum absolute atomic E-state index is 0.727. The number of alkyl halides is 1. The van der Waals surface area contributed by atoms with Crippen LogP contribution in [0.1, 0.15) is 18.4 Å². The first kappa shape index (κ1) is 14.4. The molecule has 0 N–H and O–H groups in total. The molecule has 0 amide bonds. The lowest BCUT2D eigenvalue weighted by molar-refractivity contribution is 0.537. The maximum atomic E-state index is 5.98. The van der Waals surface area contributed by atoms with Gasteiger partial charge >= 0.3 is 0 Å². The zero-order valence-electron chi connectivity index (χ0n) is 9.59. The van der Waals surface area contributed by atoms with Gasteiger partial charge in [0, 0.05) is 10.4 Å². The van der Waals surface area contributed by atoms with Crippen molar-refractivity contribution >= 4 is 39.3 Å². The summed E-state index contributed by atoms with van der Waals surface area (Å²) in [6.45, 7) is 0. The van der Waals surface area contributed by atoms with Crippen molar-refractivity contribution in [2.75, 3.05) is 17.3 Å². The molecule has 0 nitrogen and oxygen atoms in total. The summed E-state index contributed by atoms with van der Waals surface area (Å²) in [5, 5.41) is 1.92. The highest BCUT2D eigenvalue weighted by Gasteiger charge is 2.08. The van der Waals surface area contributed by atoms with E-state index in [4.69, 9.17) is 11.6 Å². The molecular formula is C13H18BrClS. The van der Waals surface area contributed by atoms with E-state index in [1.807, 2.05) is 23.9 Å². The van der Waals surface area contributed by atoms with Crippen LogP contribution in [0.4, 0.5) is 0 Å². The number of benzene rings is 1. The van der Waals surface area contributed by atoms with E-state index in [1.165, 1.54) is 24.2 Å². The third-order valence-electron chi connectivity index (χ3n) is 2.59. The van der Waals surface area contributed by atoms with Crippen LogP contribution in [0.3, 0.4) is 0 Å². The fraction of sp³-hybridized carbons (Fsp3) is 0.538. The van der Waals surface area contributed by atoms with Crippen LogP contribution in [0, 0.1) is 5.92 Å². The Balaban J connectivity index is 2.43. The summed E-state index contributed by atoms with van der Waals surface area (Å²) in [5.41, 5.74) is 1.35. The average molecular weight is 322 g/mol. The quantitative estimate of drug-likeness (QED) is 0.501. The average Bonchev–Trinajstić information content (AvgIpc) is 2.28. The molecule has 0 bridgehead atoms. The summed E-state index contributed by atoms with van der Waals surface area (Å²) in [7, 11) is 0. The van der Waals surface area contributed by atoms with Crippen molar-refractivity contribution in [3.05, 3.63) is 34.9 Å². The number of hydrogen-bond donors (Lipinski definition) is 0. The van der Waals surface area contributed by atoms with Gasteiger partial charge in [-0.25, -0.2) is 0 Å². The molecule has 1 unspecified atom stereocenters. The van der Waals surface area contributed by atoms with Gasteiger partial charge in [0.05, 0.1) is 0 Å². The summed E-state index contributed by atoms with van der Waals surface area (Å²) in [5.74, 6) is 1.99. The predicted octanol–water partition coefficient (Wildman–Crippen LogP) is 5.04. The molecule has 0 radical (unpaired) electrons. The number of halogens is 2. The first-order chi connectivity index (χ1) is 7.76. The van der Waals surface area contributed by atoms with E-state index < -0.39 is 0 Å². The van der Waals surface area contributed by atoms with Crippen LogP contribution >= 0.6 is 39.3 Å². The Morgan fingerprint density at radius 3 is 2.88 bits per heavy atom. The first-order valence-electron chi connectivity index (χ1n) is 5.55. The van der Waals surface area contributed by atoms with Crippen molar-refractivity contribution < 1.29 is 0 Å². The molecule has 3 heteroatoms.